The zero-order valence-electron chi connectivity index (χ0n) is 12.1. The van der Waals surface area contributed by atoms with Crippen molar-refractivity contribution in [2.24, 2.45) is 5.73 Å². The van der Waals surface area contributed by atoms with Crippen LogP contribution in [0.5, 0.6) is 0 Å². The van der Waals surface area contributed by atoms with Crippen molar-refractivity contribution in [3.63, 3.8) is 0 Å². The first-order valence-electron chi connectivity index (χ1n) is 7.26. The van der Waals surface area contributed by atoms with Gasteiger partial charge in [0, 0.05) is 36.4 Å². The topological polar surface area (TPSA) is 62.4 Å². The van der Waals surface area contributed by atoms with Gasteiger partial charge in [0.2, 0.25) is 0 Å². The molecule has 4 nitrogen and oxygen atoms in total. The maximum atomic E-state index is 14.0. The summed E-state index contributed by atoms with van der Waals surface area (Å²) >= 11 is 0. The number of fused-ring (bicyclic) bond motifs is 1. The summed E-state index contributed by atoms with van der Waals surface area (Å²) in [4.78, 5) is 6.49. The molecule has 1 fully saturated rings. The minimum absolute atomic E-state index is 0.283. The van der Waals surface area contributed by atoms with Crippen LogP contribution in [0.15, 0.2) is 24.3 Å². The van der Waals surface area contributed by atoms with E-state index >= 15 is 0 Å². The monoisotopic (exact) mass is 289 g/mol. The van der Waals surface area contributed by atoms with E-state index in [4.69, 9.17) is 5.73 Å². The van der Waals surface area contributed by atoms with Gasteiger partial charge in [-0.2, -0.15) is 0 Å². The Balaban J connectivity index is 2.00. The van der Waals surface area contributed by atoms with Gasteiger partial charge in [0.05, 0.1) is 5.60 Å². The molecule has 0 bridgehead atoms. The molecular weight excluding hydrogens is 269 g/mol. The second kappa shape index (κ2) is 5.24. The highest BCUT2D eigenvalue weighted by molar-refractivity contribution is 5.92. The summed E-state index contributed by atoms with van der Waals surface area (Å²) in [5.41, 5.74) is 7.05. The molecule has 112 valence electrons. The van der Waals surface area contributed by atoms with Gasteiger partial charge in [0.25, 0.3) is 0 Å². The minimum Gasteiger partial charge on any atom is -0.388 e. The SMILES string of the molecule is Cc1cc(N2CCC(O)(CN)CC2)c2cccc(F)c2n1. The first-order valence-corrected chi connectivity index (χ1v) is 7.26. The highest BCUT2D eigenvalue weighted by Gasteiger charge is 2.31. The number of anilines is 1. The lowest BCUT2D eigenvalue weighted by molar-refractivity contribution is 0.0250. The Labute approximate surface area is 123 Å². The number of nitrogens with two attached hydrogens (primary N) is 1. The predicted octanol–water partition coefficient (Wildman–Crippen LogP) is 1.97. The molecule has 0 aliphatic carbocycles. The lowest BCUT2D eigenvalue weighted by Crippen LogP contribution is -2.48. The van der Waals surface area contributed by atoms with Crippen LogP contribution in [0.25, 0.3) is 10.9 Å². The molecule has 0 amide bonds. The molecule has 1 aromatic carbocycles. The van der Waals surface area contributed by atoms with E-state index < -0.39 is 5.60 Å². The van der Waals surface area contributed by atoms with Crippen molar-refractivity contribution in [2.45, 2.75) is 25.4 Å². The zero-order valence-corrected chi connectivity index (χ0v) is 12.1. The second-order valence-corrected chi connectivity index (χ2v) is 5.83. The number of aliphatic hydroxyl groups is 1. The van der Waals surface area contributed by atoms with Gasteiger partial charge >= 0.3 is 0 Å². The van der Waals surface area contributed by atoms with Crippen molar-refractivity contribution >= 4 is 16.6 Å². The maximum Gasteiger partial charge on any atom is 0.149 e. The van der Waals surface area contributed by atoms with Gasteiger partial charge in [-0.05, 0) is 31.9 Å². The van der Waals surface area contributed by atoms with Crippen molar-refractivity contribution in [3.05, 3.63) is 35.8 Å². The van der Waals surface area contributed by atoms with Gasteiger partial charge in [-0.1, -0.05) is 12.1 Å². The molecule has 1 saturated heterocycles. The molecule has 1 aromatic heterocycles. The summed E-state index contributed by atoms with van der Waals surface area (Å²) in [7, 11) is 0. The van der Waals surface area contributed by atoms with Gasteiger partial charge in [-0.25, -0.2) is 9.37 Å². The number of para-hydroxylation sites is 1. The zero-order chi connectivity index (χ0) is 15.0. The van der Waals surface area contributed by atoms with Crippen molar-refractivity contribution in [3.8, 4) is 0 Å². The molecule has 21 heavy (non-hydrogen) atoms. The number of aromatic nitrogens is 1. The lowest BCUT2D eigenvalue weighted by atomic mass is 9.91. The van der Waals surface area contributed by atoms with Crippen LogP contribution in [0.1, 0.15) is 18.5 Å². The maximum absolute atomic E-state index is 14.0. The van der Waals surface area contributed by atoms with Crippen LogP contribution in [0.2, 0.25) is 0 Å². The molecule has 3 rings (SSSR count). The van der Waals surface area contributed by atoms with Crippen LogP contribution >= 0.6 is 0 Å². The molecule has 0 spiro atoms. The van der Waals surface area contributed by atoms with Crippen LogP contribution in [-0.2, 0) is 0 Å². The number of rotatable bonds is 2. The third kappa shape index (κ3) is 2.59. The predicted molar refractivity (Wildman–Crippen MR) is 81.9 cm³/mol. The van der Waals surface area contributed by atoms with Crippen LogP contribution in [-0.4, -0.2) is 35.3 Å². The smallest absolute Gasteiger partial charge is 0.149 e. The van der Waals surface area contributed by atoms with Gasteiger partial charge in [-0.3, -0.25) is 0 Å². The summed E-state index contributed by atoms with van der Waals surface area (Å²) < 4.78 is 14.0. The molecular formula is C16H20FN3O. The number of piperidine rings is 1. The Morgan fingerprint density at radius 2 is 2.10 bits per heavy atom. The molecule has 1 aliphatic rings. The van der Waals surface area contributed by atoms with Crippen LogP contribution in [0.4, 0.5) is 10.1 Å². The Morgan fingerprint density at radius 3 is 2.76 bits per heavy atom. The number of halogens is 1. The third-order valence-electron chi connectivity index (χ3n) is 4.31. The second-order valence-electron chi connectivity index (χ2n) is 5.83. The molecule has 2 aromatic rings. The van der Waals surface area contributed by atoms with E-state index in [9.17, 15) is 9.50 Å². The van der Waals surface area contributed by atoms with E-state index in [2.05, 4.69) is 9.88 Å². The van der Waals surface area contributed by atoms with Crippen molar-refractivity contribution in [1.82, 2.24) is 4.98 Å². The standard InChI is InChI=1S/C16H20FN3O/c1-11-9-14(12-3-2-4-13(17)15(12)19-11)20-7-5-16(21,10-18)6-8-20/h2-4,9,21H,5-8,10,18H2,1H3. The van der Waals surface area contributed by atoms with Crippen molar-refractivity contribution < 1.29 is 9.50 Å². The molecule has 0 radical (unpaired) electrons. The number of nitrogens with zero attached hydrogens (tertiary/aromatic N) is 2. The summed E-state index contributed by atoms with van der Waals surface area (Å²) in [5.74, 6) is -0.298. The van der Waals surface area contributed by atoms with E-state index in [-0.39, 0.29) is 12.4 Å². The largest absolute Gasteiger partial charge is 0.388 e. The summed E-state index contributed by atoms with van der Waals surface area (Å²) in [5, 5.41) is 11.1. The van der Waals surface area contributed by atoms with Crippen LogP contribution < -0.4 is 10.6 Å². The third-order valence-corrected chi connectivity index (χ3v) is 4.31. The van der Waals surface area contributed by atoms with Gasteiger partial charge in [-0.15, -0.1) is 0 Å². The van der Waals surface area contributed by atoms with Gasteiger partial charge in [0.1, 0.15) is 11.3 Å². The number of benzene rings is 1. The van der Waals surface area contributed by atoms with Gasteiger partial charge in [0.15, 0.2) is 0 Å². The Kier molecular flexibility index (Phi) is 3.55. The number of hydrogen-bond acceptors (Lipinski definition) is 4. The van der Waals surface area contributed by atoms with E-state index in [1.165, 1.54) is 6.07 Å². The quantitative estimate of drug-likeness (QED) is 0.887. The number of aryl methyl sites for hydroxylation is 1. The molecule has 0 unspecified atom stereocenters. The summed E-state index contributed by atoms with van der Waals surface area (Å²) in [6.45, 7) is 3.58. The van der Waals surface area contributed by atoms with Crippen molar-refractivity contribution in [1.29, 1.82) is 0 Å². The Hall–Kier alpha value is -1.72. The highest BCUT2D eigenvalue weighted by Crippen LogP contribution is 2.32. The van der Waals surface area contributed by atoms with E-state index in [0.29, 0.717) is 31.4 Å². The molecule has 1 aliphatic heterocycles. The Morgan fingerprint density at radius 1 is 1.38 bits per heavy atom. The molecule has 3 N–H and O–H groups in total. The average Bonchev–Trinajstić information content (AvgIpc) is 2.48. The van der Waals surface area contributed by atoms with Crippen LogP contribution in [0.3, 0.4) is 0 Å². The number of hydrogen-bond donors (Lipinski definition) is 2. The normalized spacial score (nSPS) is 18.2. The minimum atomic E-state index is -0.764. The van der Waals surface area contributed by atoms with Crippen LogP contribution in [0, 0.1) is 12.7 Å². The summed E-state index contributed by atoms with van der Waals surface area (Å²) in [6, 6.07) is 7.01. The van der Waals surface area contributed by atoms with Crippen molar-refractivity contribution in [2.75, 3.05) is 24.5 Å². The van der Waals surface area contributed by atoms with Gasteiger partial charge < -0.3 is 15.7 Å². The highest BCUT2D eigenvalue weighted by atomic mass is 19.1. The fourth-order valence-corrected chi connectivity index (χ4v) is 2.95. The fraction of sp³-hybridized carbons (Fsp3) is 0.438. The number of pyridine rings is 1. The molecule has 0 saturated carbocycles. The van der Waals surface area contributed by atoms with E-state index in [1.54, 1.807) is 6.07 Å². The first-order chi connectivity index (χ1) is 10.0. The molecule has 5 heteroatoms. The fourth-order valence-electron chi connectivity index (χ4n) is 2.95. The first kappa shape index (κ1) is 14.2. The Bertz CT molecular complexity index is 666. The average molecular weight is 289 g/mol. The summed E-state index contributed by atoms with van der Waals surface area (Å²) in [6.07, 6.45) is 1.25. The molecule has 2 heterocycles. The van der Waals surface area contributed by atoms with E-state index in [0.717, 1.165) is 16.8 Å². The molecule has 0 atom stereocenters. The lowest BCUT2D eigenvalue weighted by Gasteiger charge is -2.39. The van der Waals surface area contributed by atoms with E-state index in [1.807, 2.05) is 19.1 Å².